The fourth-order valence-corrected chi connectivity index (χ4v) is 1.40. The van der Waals surface area contributed by atoms with E-state index in [2.05, 4.69) is 9.98 Å². The van der Waals surface area contributed by atoms with Crippen molar-refractivity contribution in [2.75, 3.05) is 6.54 Å². The maximum Gasteiger partial charge on any atom is 0.282 e. The molecule has 0 atom stereocenters. The molecule has 0 amide bonds. The summed E-state index contributed by atoms with van der Waals surface area (Å²) in [5, 5.41) is 0. The van der Waals surface area contributed by atoms with E-state index < -0.39 is 5.92 Å². The molecule has 108 valence electrons. The van der Waals surface area contributed by atoms with Crippen LogP contribution in [-0.2, 0) is 11.3 Å². The molecule has 0 bridgehead atoms. The molecule has 0 unspecified atom stereocenters. The summed E-state index contributed by atoms with van der Waals surface area (Å²) in [6, 6.07) is 6.95. The second kappa shape index (κ2) is 6.88. The molecule has 0 spiro atoms. The van der Waals surface area contributed by atoms with E-state index in [0.29, 0.717) is 11.8 Å². The lowest BCUT2D eigenvalue weighted by molar-refractivity contribution is -0.106. The first-order valence-electron chi connectivity index (χ1n) is 6.07. The van der Waals surface area contributed by atoms with Gasteiger partial charge in [0, 0.05) is 12.5 Å². The predicted molar refractivity (Wildman–Crippen MR) is 75.5 cm³/mol. The summed E-state index contributed by atoms with van der Waals surface area (Å²) < 4.78 is 25.9. The van der Waals surface area contributed by atoms with Gasteiger partial charge in [0.25, 0.3) is 5.92 Å². The van der Waals surface area contributed by atoms with Gasteiger partial charge in [0.2, 0.25) is 0 Å². The number of aldehydes is 1. The Hall–Kier alpha value is -2.11. The van der Waals surface area contributed by atoms with Gasteiger partial charge in [-0.3, -0.25) is 9.98 Å². The van der Waals surface area contributed by atoms with Crippen LogP contribution in [0, 0.1) is 0 Å². The molecular formula is C14H17F2N3O. The summed E-state index contributed by atoms with van der Waals surface area (Å²) in [5.74, 6) is -2.68. The van der Waals surface area contributed by atoms with E-state index in [-0.39, 0.29) is 24.6 Å². The van der Waals surface area contributed by atoms with Gasteiger partial charge in [0.15, 0.2) is 0 Å². The van der Waals surface area contributed by atoms with Crippen molar-refractivity contribution in [1.82, 2.24) is 0 Å². The summed E-state index contributed by atoms with van der Waals surface area (Å²) in [6.07, 6.45) is 0.647. The van der Waals surface area contributed by atoms with E-state index in [0.717, 1.165) is 12.5 Å². The minimum atomic E-state index is -2.91. The van der Waals surface area contributed by atoms with E-state index in [9.17, 15) is 13.6 Å². The first kappa shape index (κ1) is 15.9. The van der Waals surface area contributed by atoms with Crippen LogP contribution in [0.4, 0.5) is 8.78 Å². The molecule has 1 aromatic carbocycles. The molecule has 1 rings (SSSR count). The number of hydrogen-bond donors (Lipinski definition) is 1. The third-order valence-electron chi connectivity index (χ3n) is 2.69. The molecule has 0 aliphatic rings. The van der Waals surface area contributed by atoms with Crippen LogP contribution in [0.3, 0.4) is 0 Å². The van der Waals surface area contributed by atoms with Crippen molar-refractivity contribution >= 4 is 17.8 Å². The van der Waals surface area contributed by atoms with Crippen molar-refractivity contribution in [2.45, 2.75) is 26.3 Å². The van der Waals surface area contributed by atoms with Crippen LogP contribution in [0.5, 0.6) is 0 Å². The van der Waals surface area contributed by atoms with Gasteiger partial charge in [0.1, 0.15) is 12.1 Å². The Morgan fingerprint density at radius 1 is 1.40 bits per heavy atom. The van der Waals surface area contributed by atoms with Gasteiger partial charge in [-0.15, -0.1) is 0 Å². The topological polar surface area (TPSA) is 67.8 Å². The van der Waals surface area contributed by atoms with E-state index >= 15 is 0 Å². The number of nitrogens with zero attached hydrogens (tertiary/aromatic N) is 2. The van der Waals surface area contributed by atoms with Gasteiger partial charge in [-0.1, -0.05) is 18.2 Å². The molecule has 0 fully saturated rings. The maximum atomic E-state index is 13.0. The highest BCUT2D eigenvalue weighted by Gasteiger charge is 2.24. The Morgan fingerprint density at radius 3 is 2.70 bits per heavy atom. The van der Waals surface area contributed by atoms with Gasteiger partial charge < -0.3 is 10.5 Å². The van der Waals surface area contributed by atoms with E-state index in [1.54, 1.807) is 24.3 Å². The van der Waals surface area contributed by atoms with Crippen LogP contribution >= 0.6 is 0 Å². The Labute approximate surface area is 116 Å². The van der Waals surface area contributed by atoms with Gasteiger partial charge in [-0.2, -0.15) is 0 Å². The van der Waals surface area contributed by atoms with Crippen molar-refractivity contribution in [3.8, 4) is 0 Å². The smallest absolute Gasteiger partial charge is 0.282 e. The van der Waals surface area contributed by atoms with Gasteiger partial charge in [0.05, 0.1) is 18.8 Å². The largest absolute Gasteiger partial charge is 0.383 e. The number of halogens is 2. The Balaban J connectivity index is 2.87. The first-order chi connectivity index (χ1) is 9.34. The third kappa shape index (κ3) is 4.87. The quantitative estimate of drug-likeness (QED) is 0.493. The Kier molecular flexibility index (Phi) is 5.49. The lowest BCUT2D eigenvalue weighted by Gasteiger charge is -2.09. The van der Waals surface area contributed by atoms with Crippen LogP contribution < -0.4 is 5.73 Å². The number of benzene rings is 1. The first-order valence-corrected chi connectivity index (χ1v) is 6.07. The number of aliphatic imine (C=N–C) groups is 2. The summed E-state index contributed by atoms with van der Waals surface area (Å²) in [4.78, 5) is 17.9. The predicted octanol–water partition coefficient (Wildman–Crippen LogP) is 2.21. The highest BCUT2D eigenvalue weighted by molar-refractivity contribution is 5.98. The SMILES string of the molecule is CC(=NCc1cccc(C(N)=NCC=O)c1)C(C)(F)F. The molecule has 0 aliphatic heterocycles. The number of carbonyl (C=O) groups is 1. The highest BCUT2D eigenvalue weighted by atomic mass is 19.3. The van der Waals surface area contributed by atoms with Crippen molar-refractivity contribution in [1.29, 1.82) is 0 Å². The minimum absolute atomic E-state index is 0.00458. The normalized spacial score (nSPS) is 13.4. The van der Waals surface area contributed by atoms with Crippen LogP contribution in [0.15, 0.2) is 34.3 Å². The van der Waals surface area contributed by atoms with E-state index in [1.807, 2.05) is 0 Å². The second-order valence-corrected chi connectivity index (χ2v) is 4.38. The summed E-state index contributed by atoms with van der Waals surface area (Å²) in [7, 11) is 0. The fraction of sp³-hybridized carbons (Fsp3) is 0.357. The molecular weight excluding hydrogens is 264 g/mol. The molecule has 2 N–H and O–H groups in total. The summed E-state index contributed by atoms with van der Waals surface area (Å²) in [6.45, 7) is 2.25. The van der Waals surface area contributed by atoms with E-state index in [4.69, 9.17) is 5.73 Å². The van der Waals surface area contributed by atoms with Crippen LogP contribution in [-0.4, -0.2) is 30.3 Å². The molecule has 6 heteroatoms. The van der Waals surface area contributed by atoms with Crippen molar-refractivity contribution in [2.24, 2.45) is 15.7 Å². The lowest BCUT2D eigenvalue weighted by atomic mass is 10.1. The number of carbonyl (C=O) groups excluding carboxylic acids is 1. The second-order valence-electron chi connectivity index (χ2n) is 4.38. The molecule has 0 heterocycles. The molecule has 0 radical (unpaired) electrons. The molecule has 1 aromatic rings. The Bertz CT molecular complexity index is 533. The van der Waals surface area contributed by atoms with E-state index in [1.165, 1.54) is 6.92 Å². The minimum Gasteiger partial charge on any atom is -0.383 e. The number of nitrogens with two attached hydrogens (primary N) is 1. The van der Waals surface area contributed by atoms with Crippen molar-refractivity contribution < 1.29 is 13.6 Å². The van der Waals surface area contributed by atoms with Crippen LogP contribution in [0.1, 0.15) is 25.0 Å². The number of alkyl halides is 2. The maximum absolute atomic E-state index is 13.0. The zero-order valence-electron chi connectivity index (χ0n) is 11.4. The van der Waals surface area contributed by atoms with Crippen molar-refractivity contribution in [3.63, 3.8) is 0 Å². The zero-order valence-corrected chi connectivity index (χ0v) is 11.4. The Morgan fingerprint density at radius 2 is 2.10 bits per heavy atom. The zero-order chi connectivity index (χ0) is 15.2. The molecule has 0 saturated heterocycles. The number of amidine groups is 1. The number of hydrogen-bond acceptors (Lipinski definition) is 3. The standard InChI is InChI=1S/C14H17F2N3O/c1-10(14(2,15)16)19-9-11-4-3-5-12(8-11)13(17)18-6-7-20/h3-5,7-8H,6,9H2,1-2H3,(H2,17,18). The monoisotopic (exact) mass is 281 g/mol. The summed E-state index contributed by atoms with van der Waals surface area (Å²) in [5.41, 5.74) is 6.88. The fourth-order valence-electron chi connectivity index (χ4n) is 1.40. The molecule has 20 heavy (non-hydrogen) atoms. The third-order valence-corrected chi connectivity index (χ3v) is 2.69. The van der Waals surface area contributed by atoms with Gasteiger partial charge in [-0.05, 0) is 18.6 Å². The molecule has 0 aromatic heterocycles. The van der Waals surface area contributed by atoms with Gasteiger partial charge >= 0.3 is 0 Å². The van der Waals surface area contributed by atoms with Crippen LogP contribution in [0.2, 0.25) is 0 Å². The average Bonchev–Trinajstić information content (AvgIpc) is 2.41. The molecule has 0 saturated carbocycles. The highest BCUT2D eigenvalue weighted by Crippen LogP contribution is 2.15. The number of rotatable bonds is 6. The lowest BCUT2D eigenvalue weighted by Crippen LogP contribution is -2.21. The van der Waals surface area contributed by atoms with Gasteiger partial charge in [-0.25, -0.2) is 8.78 Å². The summed E-state index contributed by atoms with van der Waals surface area (Å²) >= 11 is 0. The average molecular weight is 281 g/mol. The van der Waals surface area contributed by atoms with Crippen molar-refractivity contribution in [3.05, 3.63) is 35.4 Å². The van der Waals surface area contributed by atoms with Crippen LogP contribution in [0.25, 0.3) is 0 Å². The molecule has 0 aliphatic carbocycles. The molecule has 4 nitrogen and oxygen atoms in total.